The number of rotatable bonds is 6. The van der Waals surface area contributed by atoms with E-state index in [9.17, 15) is 14.0 Å². The number of benzene rings is 2. The van der Waals surface area contributed by atoms with Gasteiger partial charge in [-0.1, -0.05) is 42.0 Å². The van der Waals surface area contributed by atoms with E-state index >= 15 is 0 Å². The van der Waals surface area contributed by atoms with Gasteiger partial charge in [0.15, 0.2) is 0 Å². The summed E-state index contributed by atoms with van der Waals surface area (Å²) in [5, 5.41) is 2.69. The Morgan fingerprint density at radius 1 is 1.04 bits per heavy atom. The van der Waals surface area contributed by atoms with Crippen LogP contribution in [0.3, 0.4) is 0 Å². The number of halogens is 1. The highest BCUT2D eigenvalue weighted by Crippen LogP contribution is 2.08. The van der Waals surface area contributed by atoms with Gasteiger partial charge < -0.3 is 10.1 Å². The molecular weight excluding hydrogens is 309 g/mol. The summed E-state index contributed by atoms with van der Waals surface area (Å²) in [7, 11) is 1.29. The molecule has 1 amide bonds. The van der Waals surface area contributed by atoms with E-state index in [2.05, 4.69) is 5.32 Å². The molecule has 4 nitrogen and oxygen atoms in total. The molecule has 5 heteroatoms. The minimum absolute atomic E-state index is 0.0711. The molecule has 0 aromatic heterocycles. The van der Waals surface area contributed by atoms with Gasteiger partial charge in [0.05, 0.1) is 13.5 Å². The monoisotopic (exact) mass is 329 g/mol. The number of hydrogen-bond donors (Lipinski definition) is 1. The van der Waals surface area contributed by atoms with Crippen LogP contribution < -0.4 is 5.32 Å². The van der Waals surface area contributed by atoms with E-state index in [1.807, 2.05) is 31.2 Å². The van der Waals surface area contributed by atoms with Gasteiger partial charge in [0, 0.05) is 6.42 Å². The first-order valence-electron chi connectivity index (χ1n) is 7.65. The molecule has 0 saturated carbocycles. The van der Waals surface area contributed by atoms with E-state index in [0.29, 0.717) is 12.0 Å². The number of esters is 1. The molecule has 0 aliphatic rings. The Hall–Kier alpha value is -2.69. The Morgan fingerprint density at radius 2 is 1.62 bits per heavy atom. The summed E-state index contributed by atoms with van der Waals surface area (Å²) in [6, 6.07) is 12.7. The molecular formula is C19H20FNO3. The lowest BCUT2D eigenvalue weighted by atomic mass is 10.0. The zero-order valence-corrected chi connectivity index (χ0v) is 13.7. The quantitative estimate of drug-likeness (QED) is 0.829. The fourth-order valence-corrected chi connectivity index (χ4v) is 2.33. The van der Waals surface area contributed by atoms with E-state index in [-0.39, 0.29) is 18.1 Å². The van der Waals surface area contributed by atoms with E-state index in [0.717, 1.165) is 11.1 Å². The fourth-order valence-electron chi connectivity index (χ4n) is 2.33. The van der Waals surface area contributed by atoms with Gasteiger partial charge in [-0.05, 0) is 30.2 Å². The summed E-state index contributed by atoms with van der Waals surface area (Å²) in [6.45, 7) is 1.98. The van der Waals surface area contributed by atoms with Crippen LogP contribution in [0.2, 0.25) is 0 Å². The Balaban J connectivity index is 2.02. The predicted molar refractivity (Wildman–Crippen MR) is 88.9 cm³/mol. The van der Waals surface area contributed by atoms with Gasteiger partial charge in [-0.2, -0.15) is 0 Å². The molecule has 2 aromatic carbocycles. The number of methoxy groups -OCH3 is 1. The lowest BCUT2D eigenvalue weighted by Crippen LogP contribution is -2.43. The highest BCUT2D eigenvalue weighted by Gasteiger charge is 2.22. The first-order valence-corrected chi connectivity index (χ1v) is 7.65. The average Bonchev–Trinajstić information content (AvgIpc) is 2.57. The number of nitrogens with one attached hydrogen (secondary N) is 1. The van der Waals surface area contributed by atoms with Gasteiger partial charge in [-0.15, -0.1) is 0 Å². The van der Waals surface area contributed by atoms with Crippen molar-refractivity contribution >= 4 is 11.9 Å². The summed E-state index contributed by atoms with van der Waals surface area (Å²) in [5.41, 5.74) is 2.72. The molecule has 126 valence electrons. The van der Waals surface area contributed by atoms with Gasteiger partial charge in [0.1, 0.15) is 11.9 Å². The maximum Gasteiger partial charge on any atom is 0.328 e. The van der Waals surface area contributed by atoms with Crippen molar-refractivity contribution in [3.8, 4) is 0 Å². The van der Waals surface area contributed by atoms with Crippen molar-refractivity contribution in [3.05, 3.63) is 71.0 Å². The molecule has 0 unspecified atom stereocenters. The molecule has 0 fully saturated rings. The zero-order chi connectivity index (χ0) is 17.5. The SMILES string of the molecule is COC(=O)[C@@H](Cc1ccc(C)cc1)NC(=O)Cc1ccc(F)cc1. The molecule has 0 spiro atoms. The van der Waals surface area contributed by atoms with Gasteiger partial charge in [-0.3, -0.25) is 4.79 Å². The van der Waals surface area contributed by atoms with Gasteiger partial charge >= 0.3 is 5.97 Å². The minimum atomic E-state index is -0.759. The van der Waals surface area contributed by atoms with Crippen LogP contribution >= 0.6 is 0 Å². The lowest BCUT2D eigenvalue weighted by Gasteiger charge is -2.17. The highest BCUT2D eigenvalue weighted by atomic mass is 19.1. The number of carbonyl (C=O) groups is 2. The largest absolute Gasteiger partial charge is 0.467 e. The molecule has 0 aliphatic carbocycles. The summed E-state index contributed by atoms with van der Waals surface area (Å²) in [6.07, 6.45) is 0.420. The van der Waals surface area contributed by atoms with Gasteiger partial charge in [-0.25, -0.2) is 9.18 Å². The lowest BCUT2D eigenvalue weighted by molar-refractivity contribution is -0.145. The summed E-state index contributed by atoms with van der Waals surface area (Å²) >= 11 is 0. The maximum absolute atomic E-state index is 12.9. The van der Waals surface area contributed by atoms with E-state index in [1.54, 1.807) is 12.1 Å². The van der Waals surface area contributed by atoms with E-state index in [4.69, 9.17) is 4.74 Å². The topological polar surface area (TPSA) is 55.4 Å². The molecule has 24 heavy (non-hydrogen) atoms. The molecule has 1 N–H and O–H groups in total. The number of carbonyl (C=O) groups excluding carboxylic acids is 2. The summed E-state index contributed by atoms with van der Waals surface area (Å²) in [4.78, 5) is 24.1. The predicted octanol–water partition coefficient (Wildman–Crippen LogP) is 2.58. The summed E-state index contributed by atoms with van der Waals surface area (Å²) in [5.74, 6) is -1.17. The second kappa shape index (κ2) is 8.24. The van der Waals surface area contributed by atoms with Crippen molar-refractivity contribution in [3.63, 3.8) is 0 Å². The maximum atomic E-state index is 12.9. The third kappa shape index (κ3) is 5.19. The van der Waals surface area contributed by atoms with Crippen LogP contribution in [0.5, 0.6) is 0 Å². The van der Waals surface area contributed by atoms with Crippen LogP contribution in [0.1, 0.15) is 16.7 Å². The van der Waals surface area contributed by atoms with Crippen LogP contribution in [-0.2, 0) is 27.2 Å². The Kier molecular flexibility index (Phi) is 6.07. The smallest absolute Gasteiger partial charge is 0.328 e. The van der Waals surface area contributed by atoms with Crippen molar-refractivity contribution in [2.24, 2.45) is 0 Å². The first kappa shape index (κ1) is 17.7. The Bertz CT molecular complexity index is 696. The molecule has 0 aliphatic heterocycles. The van der Waals surface area contributed by atoms with Crippen molar-refractivity contribution in [1.29, 1.82) is 0 Å². The second-order valence-corrected chi connectivity index (χ2v) is 5.64. The number of amides is 1. The minimum Gasteiger partial charge on any atom is -0.467 e. The fraction of sp³-hybridized carbons (Fsp3) is 0.263. The van der Waals surface area contributed by atoms with Crippen LogP contribution in [0.4, 0.5) is 4.39 Å². The van der Waals surface area contributed by atoms with Crippen molar-refractivity contribution in [2.45, 2.75) is 25.8 Å². The highest BCUT2D eigenvalue weighted by molar-refractivity contribution is 5.85. The second-order valence-electron chi connectivity index (χ2n) is 5.64. The van der Waals surface area contributed by atoms with Gasteiger partial charge in [0.25, 0.3) is 0 Å². The van der Waals surface area contributed by atoms with Crippen molar-refractivity contribution in [1.82, 2.24) is 5.32 Å². The standard InChI is InChI=1S/C19H20FNO3/c1-13-3-5-14(6-4-13)11-17(19(23)24-2)21-18(22)12-15-7-9-16(20)10-8-15/h3-10,17H,11-12H2,1-2H3,(H,21,22)/t17-/m1/s1. The normalized spacial score (nSPS) is 11.6. The third-order valence-corrected chi connectivity index (χ3v) is 3.66. The van der Waals surface area contributed by atoms with Gasteiger partial charge in [0.2, 0.25) is 5.91 Å². The number of aryl methyl sites for hydroxylation is 1. The Labute approximate surface area is 140 Å². The molecule has 0 radical (unpaired) electrons. The average molecular weight is 329 g/mol. The molecule has 0 bridgehead atoms. The van der Waals surface area contributed by atoms with Crippen LogP contribution in [0.15, 0.2) is 48.5 Å². The Morgan fingerprint density at radius 3 is 2.21 bits per heavy atom. The molecule has 2 aromatic rings. The zero-order valence-electron chi connectivity index (χ0n) is 13.7. The summed E-state index contributed by atoms with van der Waals surface area (Å²) < 4.78 is 17.7. The van der Waals surface area contributed by atoms with Crippen molar-refractivity contribution < 1.29 is 18.7 Å². The van der Waals surface area contributed by atoms with Crippen LogP contribution in [0.25, 0.3) is 0 Å². The van der Waals surface area contributed by atoms with Crippen LogP contribution in [0, 0.1) is 12.7 Å². The van der Waals surface area contributed by atoms with Crippen molar-refractivity contribution in [2.75, 3.05) is 7.11 Å². The third-order valence-electron chi connectivity index (χ3n) is 3.66. The molecule has 0 heterocycles. The molecule has 1 atom stereocenters. The van der Waals surface area contributed by atoms with Crippen LogP contribution in [-0.4, -0.2) is 25.0 Å². The number of ether oxygens (including phenoxy) is 1. The molecule has 2 rings (SSSR count). The number of hydrogen-bond acceptors (Lipinski definition) is 3. The molecule has 0 saturated heterocycles. The van der Waals surface area contributed by atoms with E-state index < -0.39 is 12.0 Å². The van der Waals surface area contributed by atoms with E-state index in [1.165, 1.54) is 19.2 Å². The first-order chi connectivity index (χ1) is 11.5.